The van der Waals surface area contributed by atoms with Gasteiger partial charge in [0.05, 0.1) is 10.0 Å². The Kier molecular flexibility index (Phi) is 7.20. The third-order valence-electron chi connectivity index (χ3n) is 5.22. The molecule has 2 aromatic carbocycles. The van der Waals surface area contributed by atoms with Crippen molar-refractivity contribution >= 4 is 40.7 Å². The van der Waals surface area contributed by atoms with Gasteiger partial charge in [-0.1, -0.05) is 46.9 Å². The van der Waals surface area contributed by atoms with Crippen LogP contribution in [0.15, 0.2) is 48.7 Å². The second-order valence-corrected chi connectivity index (χ2v) is 8.55. The predicted octanol–water partition coefficient (Wildman–Crippen LogP) is 4.98. The minimum atomic E-state index is -0.318. The average molecular weight is 498 g/mol. The summed E-state index contributed by atoms with van der Waals surface area (Å²) in [5, 5.41) is 5.51. The van der Waals surface area contributed by atoms with Crippen molar-refractivity contribution in [2.24, 2.45) is 0 Å². The van der Waals surface area contributed by atoms with Crippen LogP contribution in [0.25, 0.3) is 0 Å². The van der Waals surface area contributed by atoms with Crippen LogP contribution in [0, 0.1) is 5.82 Å². The molecule has 32 heavy (non-hydrogen) atoms. The summed E-state index contributed by atoms with van der Waals surface area (Å²) < 4.78 is 21.2. The van der Waals surface area contributed by atoms with E-state index in [0.29, 0.717) is 64.8 Å². The van der Waals surface area contributed by atoms with E-state index < -0.39 is 0 Å². The molecule has 0 saturated carbocycles. The highest BCUT2D eigenvalue weighted by molar-refractivity contribution is 6.37. The number of nitrogens with zero attached hydrogens (tertiary/aromatic N) is 4. The molecule has 1 aromatic heterocycles. The predicted molar refractivity (Wildman–Crippen MR) is 122 cm³/mol. The topological polar surface area (TPSA) is 50.6 Å². The van der Waals surface area contributed by atoms with Gasteiger partial charge >= 0.3 is 0 Å². The second-order valence-electron chi connectivity index (χ2n) is 7.33. The smallest absolute Gasteiger partial charge is 0.274 e. The zero-order valence-corrected chi connectivity index (χ0v) is 19.2. The molecule has 0 spiro atoms. The van der Waals surface area contributed by atoms with Crippen molar-refractivity contribution in [3.63, 3.8) is 0 Å². The maximum absolute atomic E-state index is 14.0. The van der Waals surface area contributed by atoms with Crippen LogP contribution in [-0.2, 0) is 13.3 Å². The van der Waals surface area contributed by atoms with E-state index in [2.05, 4.69) is 10.00 Å². The summed E-state index contributed by atoms with van der Waals surface area (Å²) in [5.74, 6) is -0.116. The average Bonchev–Trinajstić information content (AvgIpc) is 3.25. The molecular formula is C22H20Cl3FN4O2. The van der Waals surface area contributed by atoms with Gasteiger partial charge in [-0.2, -0.15) is 5.10 Å². The fraction of sp³-hybridized carbons (Fsp3) is 0.273. The van der Waals surface area contributed by atoms with Gasteiger partial charge in [0.2, 0.25) is 0 Å². The lowest BCUT2D eigenvalue weighted by Crippen LogP contribution is -2.48. The molecule has 0 aliphatic carbocycles. The summed E-state index contributed by atoms with van der Waals surface area (Å²) in [7, 11) is 0. The Labute approximate surface area is 200 Å². The molecule has 0 N–H and O–H groups in total. The van der Waals surface area contributed by atoms with Crippen molar-refractivity contribution in [2.75, 3.05) is 26.2 Å². The minimum Gasteiger partial charge on any atom is -0.468 e. The lowest BCUT2D eigenvalue weighted by molar-refractivity contribution is 0.0619. The molecule has 10 heteroatoms. The van der Waals surface area contributed by atoms with E-state index in [1.54, 1.807) is 47.5 Å². The number of hydrogen-bond acceptors (Lipinski definition) is 4. The Hall–Kier alpha value is -2.32. The molecule has 4 rings (SSSR count). The number of aromatic nitrogens is 2. The van der Waals surface area contributed by atoms with Gasteiger partial charge in [0.1, 0.15) is 5.82 Å². The fourth-order valence-electron chi connectivity index (χ4n) is 3.48. The van der Waals surface area contributed by atoms with E-state index in [1.165, 1.54) is 10.7 Å². The third-order valence-corrected chi connectivity index (χ3v) is 6.17. The van der Waals surface area contributed by atoms with Gasteiger partial charge < -0.3 is 9.64 Å². The number of piperazine rings is 1. The Morgan fingerprint density at radius 3 is 2.31 bits per heavy atom. The highest BCUT2D eigenvalue weighted by Gasteiger charge is 2.24. The van der Waals surface area contributed by atoms with Crippen molar-refractivity contribution in [3.05, 3.63) is 80.8 Å². The Balaban J connectivity index is 1.31. The van der Waals surface area contributed by atoms with Gasteiger partial charge in [0, 0.05) is 49.5 Å². The number of halogens is 4. The lowest BCUT2D eigenvalue weighted by atomic mass is 10.1. The first-order chi connectivity index (χ1) is 15.4. The number of benzene rings is 2. The first-order valence-electron chi connectivity index (χ1n) is 9.97. The maximum atomic E-state index is 14.0. The molecule has 2 heterocycles. The molecule has 1 aliphatic heterocycles. The van der Waals surface area contributed by atoms with Crippen molar-refractivity contribution < 1.29 is 13.9 Å². The SMILES string of the molecule is O=C(c1ccn(COc2c(Cl)cccc2Cl)n1)N1CCN(Cc2c(F)cccc2Cl)CC1. The van der Waals surface area contributed by atoms with Crippen LogP contribution in [-0.4, -0.2) is 51.7 Å². The summed E-state index contributed by atoms with van der Waals surface area (Å²) >= 11 is 18.3. The molecule has 1 amide bonds. The van der Waals surface area contributed by atoms with Gasteiger partial charge in [0.25, 0.3) is 5.91 Å². The molecule has 168 valence electrons. The fourth-order valence-corrected chi connectivity index (χ4v) is 4.21. The van der Waals surface area contributed by atoms with E-state index in [0.717, 1.165) is 0 Å². The number of ether oxygens (including phenoxy) is 1. The van der Waals surface area contributed by atoms with Crippen LogP contribution < -0.4 is 4.74 Å². The Bertz CT molecular complexity index is 1080. The van der Waals surface area contributed by atoms with Crippen LogP contribution in [0.3, 0.4) is 0 Å². The highest BCUT2D eigenvalue weighted by atomic mass is 35.5. The summed E-state index contributed by atoms with van der Waals surface area (Å²) in [4.78, 5) is 16.6. The van der Waals surface area contributed by atoms with E-state index in [4.69, 9.17) is 39.5 Å². The normalized spacial score (nSPS) is 14.6. The van der Waals surface area contributed by atoms with Crippen LogP contribution in [0.4, 0.5) is 4.39 Å². The second kappa shape index (κ2) is 10.1. The van der Waals surface area contributed by atoms with Gasteiger partial charge in [-0.3, -0.25) is 9.69 Å². The van der Waals surface area contributed by atoms with Gasteiger partial charge in [-0.15, -0.1) is 0 Å². The van der Waals surface area contributed by atoms with Crippen molar-refractivity contribution in [3.8, 4) is 5.75 Å². The van der Waals surface area contributed by atoms with Gasteiger partial charge in [0.15, 0.2) is 18.2 Å². The zero-order chi connectivity index (χ0) is 22.7. The first kappa shape index (κ1) is 22.9. The van der Waals surface area contributed by atoms with Crippen molar-refractivity contribution in [1.82, 2.24) is 19.6 Å². The Morgan fingerprint density at radius 1 is 0.969 bits per heavy atom. The largest absolute Gasteiger partial charge is 0.468 e. The van der Waals surface area contributed by atoms with Crippen molar-refractivity contribution in [1.29, 1.82) is 0 Å². The Morgan fingerprint density at radius 2 is 1.62 bits per heavy atom. The van der Waals surface area contributed by atoms with Crippen LogP contribution in [0.2, 0.25) is 15.1 Å². The molecule has 1 fully saturated rings. The molecule has 0 unspecified atom stereocenters. The summed E-state index contributed by atoms with van der Waals surface area (Å²) in [6.07, 6.45) is 1.66. The zero-order valence-electron chi connectivity index (χ0n) is 17.0. The highest BCUT2D eigenvalue weighted by Crippen LogP contribution is 2.32. The number of carbonyl (C=O) groups is 1. The monoisotopic (exact) mass is 496 g/mol. The van der Waals surface area contributed by atoms with E-state index in [-0.39, 0.29) is 18.5 Å². The summed E-state index contributed by atoms with van der Waals surface area (Å²) in [6, 6.07) is 11.4. The minimum absolute atomic E-state index is 0.0634. The first-order valence-corrected chi connectivity index (χ1v) is 11.1. The molecule has 0 radical (unpaired) electrons. The van der Waals surface area contributed by atoms with Gasteiger partial charge in [-0.25, -0.2) is 9.07 Å². The molecule has 1 aliphatic rings. The molecule has 3 aromatic rings. The quantitative estimate of drug-likeness (QED) is 0.482. The molecule has 0 bridgehead atoms. The standard InChI is InChI=1S/C22H20Cl3FN4O2/c23-16-3-2-6-19(26)15(16)13-28-9-11-29(12-10-28)22(31)20-7-8-30(27-20)14-32-21-17(24)4-1-5-18(21)25/h1-8H,9-14H2. The number of para-hydroxylation sites is 1. The van der Waals surface area contributed by atoms with E-state index in [9.17, 15) is 9.18 Å². The lowest BCUT2D eigenvalue weighted by Gasteiger charge is -2.34. The third kappa shape index (κ3) is 5.18. The van der Waals surface area contributed by atoms with Crippen LogP contribution in [0.5, 0.6) is 5.75 Å². The molecule has 6 nitrogen and oxygen atoms in total. The van der Waals surface area contributed by atoms with E-state index >= 15 is 0 Å². The molecular weight excluding hydrogens is 478 g/mol. The molecule has 1 saturated heterocycles. The summed E-state index contributed by atoms with van der Waals surface area (Å²) in [5.41, 5.74) is 0.802. The van der Waals surface area contributed by atoms with E-state index in [1.807, 2.05) is 0 Å². The van der Waals surface area contributed by atoms with Crippen molar-refractivity contribution in [2.45, 2.75) is 13.3 Å². The van der Waals surface area contributed by atoms with Gasteiger partial charge in [-0.05, 0) is 30.3 Å². The number of rotatable bonds is 6. The number of carbonyl (C=O) groups excluding carboxylic acids is 1. The maximum Gasteiger partial charge on any atom is 0.274 e. The van der Waals surface area contributed by atoms with Crippen LogP contribution >= 0.6 is 34.8 Å². The van der Waals surface area contributed by atoms with Crippen LogP contribution in [0.1, 0.15) is 16.1 Å². The summed E-state index contributed by atoms with van der Waals surface area (Å²) in [6.45, 7) is 2.74. The molecule has 0 atom stereocenters. The number of hydrogen-bond donors (Lipinski definition) is 0. The number of amides is 1.